The van der Waals surface area contributed by atoms with Crippen LogP contribution in [0.1, 0.15) is 60.8 Å². The molecule has 0 aromatic heterocycles. The molecule has 3 aliphatic heterocycles. The van der Waals surface area contributed by atoms with E-state index >= 15 is 0 Å². The SMILES string of the molecule is O=S(=O)(C[C@@H]1CCC[C@]2(O1)O[C@@H]1[C@H](OCc3ccccc3)[C@H](OCc3ccccc3)[C@@H](OCc3ccccc3)[C@H](OCc3ccccc3)[C@H]1O[C@@]21CCC[C@@H](CS(=O)(=O)c2ccccc2)O1)c1ccccc1. The monoisotopic (exact) mass is 1010 g/mol. The first-order valence-electron chi connectivity index (χ1n) is 25.0. The second-order valence-corrected chi connectivity index (χ2v) is 23.2. The van der Waals surface area contributed by atoms with Crippen molar-refractivity contribution in [1.82, 2.24) is 0 Å². The van der Waals surface area contributed by atoms with Crippen molar-refractivity contribution in [2.75, 3.05) is 11.5 Å². The van der Waals surface area contributed by atoms with E-state index < -0.39 is 80.1 Å². The fourth-order valence-corrected chi connectivity index (χ4v) is 13.6. The van der Waals surface area contributed by atoms with Gasteiger partial charge >= 0.3 is 0 Å². The van der Waals surface area contributed by atoms with E-state index in [2.05, 4.69) is 0 Å². The van der Waals surface area contributed by atoms with Gasteiger partial charge in [-0.15, -0.1) is 0 Å². The van der Waals surface area contributed by atoms with Crippen molar-refractivity contribution in [1.29, 1.82) is 0 Å². The van der Waals surface area contributed by atoms with Gasteiger partial charge in [-0.1, -0.05) is 158 Å². The molecule has 1 aliphatic carbocycles. The summed E-state index contributed by atoms with van der Waals surface area (Å²) < 4.78 is 115. The molecule has 3 saturated heterocycles. The van der Waals surface area contributed by atoms with Gasteiger partial charge in [0.15, 0.2) is 19.7 Å². The number of fused-ring (bicyclic) bond motifs is 2. The molecule has 10 rings (SSSR count). The van der Waals surface area contributed by atoms with E-state index in [1.807, 2.05) is 121 Å². The van der Waals surface area contributed by atoms with Crippen molar-refractivity contribution in [3.05, 3.63) is 204 Å². The molecule has 3 heterocycles. The van der Waals surface area contributed by atoms with Gasteiger partial charge in [-0.2, -0.15) is 0 Å². The molecule has 2 spiro atoms. The van der Waals surface area contributed by atoms with Crippen LogP contribution in [0.4, 0.5) is 0 Å². The van der Waals surface area contributed by atoms with Gasteiger partial charge in [0.2, 0.25) is 11.6 Å². The Balaban J connectivity index is 1.09. The van der Waals surface area contributed by atoms with Crippen LogP contribution in [0.3, 0.4) is 0 Å². The van der Waals surface area contributed by atoms with Crippen LogP contribution in [0.25, 0.3) is 0 Å². The zero-order valence-corrected chi connectivity index (χ0v) is 41.8. The molecule has 378 valence electrons. The quantitative estimate of drug-likeness (QED) is 0.0810. The summed E-state index contributed by atoms with van der Waals surface area (Å²) in [6.45, 7) is 0.767. The third-order valence-electron chi connectivity index (χ3n) is 14.1. The minimum atomic E-state index is -3.84. The van der Waals surface area contributed by atoms with Crippen molar-refractivity contribution in [3.63, 3.8) is 0 Å². The highest BCUT2D eigenvalue weighted by Crippen LogP contribution is 2.55. The second kappa shape index (κ2) is 22.6. The fraction of sp³-hybridized carbons (Fsp3) is 0.379. The van der Waals surface area contributed by atoms with Crippen LogP contribution in [0.5, 0.6) is 0 Å². The fourth-order valence-electron chi connectivity index (χ4n) is 10.6. The first kappa shape index (κ1) is 50.4. The maximum Gasteiger partial charge on any atom is 0.224 e. The van der Waals surface area contributed by atoms with E-state index in [1.54, 1.807) is 60.7 Å². The molecule has 0 N–H and O–H groups in total. The smallest absolute Gasteiger partial charge is 0.224 e. The molecule has 12 nitrogen and oxygen atoms in total. The first-order chi connectivity index (χ1) is 35.1. The van der Waals surface area contributed by atoms with Crippen LogP contribution >= 0.6 is 0 Å². The number of benzene rings is 6. The average molecular weight is 1020 g/mol. The average Bonchev–Trinajstić information content (AvgIpc) is 3.41. The summed E-state index contributed by atoms with van der Waals surface area (Å²) >= 11 is 0. The van der Waals surface area contributed by atoms with Gasteiger partial charge in [0.1, 0.15) is 36.6 Å². The van der Waals surface area contributed by atoms with Gasteiger partial charge < -0.3 is 37.9 Å². The highest BCUT2D eigenvalue weighted by Gasteiger charge is 2.70. The number of hydrogen-bond donors (Lipinski definition) is 0. The van der Waals surface area contributed by atoms with Crippen LogP contribution in [0, 0.1) is 0 Å². The van der Waals surface area contributed by atoms with Crippen LogP contribution < -0.4 is 0 Å². The number of ether oxygens (including phenoxy) is 8. The summed E-state index contributed by atoms with van der Waals surface area (Å²) in [4.78, 5) is 0.368. The van der Waals surface area contributed by atoms with Crippen LogP contribution in [0.2, 0.25) is 0 Å². The van der Waals surface area contributed by atoms with Crippen molar-refractivity contribution >= 4 is 19.7 Å². The lowest BCUT2D eigenvalue weighted by atomic mass is 9.79. The zero-order valence-electron chi connectivity index (χ0n) is 40.1. The molecule has 0 radical (unpaired) electrons. The minimum absolute atomic E-state index is 0.178. The molecule has 0 unspecified atom stereocenters. The minimum Gasteiger partial charge on any atom is -0.368 e. The van der Waals surface area contributed by atoms with Crippen LogP contribution in [-0.2, 0) is 84.0 Å². The van der Waals surface area contributed by atoms with Gasteiger partial charge in [0, 0.05) is 12.8 Å². The van der Waals surface area contributed by atoms with E-state index in [9.17, 15) is 16.8 Å². The normalized spacial score (nSPS) is 28.6. The van der Waals surface area contributed by atoms with Crippen molar-refractivity contribution in [3.8, 4) is 0 Å². The summed E-state index contributed by atoms with van der Waals surface area (Å²) in [5.41, 5.74) is 3.71. The lowest BCUT2D eigenvalue weighted by Gasteiger charge is -2.63. The highest BCUT2D eigenvalue weighted by atomic mass is 32.2. The molecule has 4 fully saturated rings. The van der Waals surface area contributed by atoms with E-state index in [0.29, 0.717) is 25.7 Å². The second-order valence-electron chi connectivity index (χ2n) is 19.2. The van der Waals surface area contributed by atoms with Gasteiger partial charge in [-0.3, -0.25) is 0 Å². The zero-order chi connectivity index (χ0) is 49.4. The molecular formula is C58H62O12S2. The lowest BCUT2D eigenvalue weighted by Crippen LogP contribution is -2.78. The van der Waals surface area contributed by atoms with Gasteiger partial charge in [0.05, 0.1) is 59.9 Å². The van der Waals surface area contributed by atoms with E-state index in [0.717, 1.165) is 22.3 Å². The Morgan fingerprint density at radius 3 is 0.958 bits per heavy atom. The Morgan fingerprint density at radius 1 is 0.375 bits per heavy atom. The molecule has 14 heteroatoms. The van der Waals surface area contributed by atoms with Gasteiger partial charge in [-0.05, 0) is 72.2 Å². The summed E-state index contributed by atoms with van der Waals surface area (Å²) in [5, 5.41) is 0. The van der Waals surface area contributed by atoms with Crippen molar-refractivity contribution in [2.45, 2.75) is 135 Å². The lowest BCUT2D eigenvalue weighted by molar-refractivity contribution is -0.511. The van der Waals surface area contributed by atoms with Crippen molar-refractivity contribution < 1.29 is 54.7 Å². The molecule has 1 saturated carbocycles. The Morgan fingerprint density at radius 2 is 0.653 bits per heavy atom. The topological polar surface area (TPSA) is 142 Å². The third-order valence-corrected chi connectivity index (χ3v) is 17.7. The Kier molecular flexibility index (Phi) is 15.8. The summed E-state index contributed by atoms with van der Waals surface area (Å²) in [6, 6.07) is 56.2. The predicted octanol–water partition coefficient (Wildman–Crippen LogP) is 9.60. The van der Waals surface area contributed by atoms with Crippen LogP contribution in [0.15, 0.2) is 192 Å². The third kappa shape index (κ3) is 11.5. The Labute approximate surface area is 423 Å². The van der Waals surface area contributed by atoms with E-state index in [4.69, 9.17) is 37.9 Å². The molecule has 6 aromatic carbocycles. The maximum atomic E-state index is 14.1. The van der Waals surface area contributed by atoms with E-state index in [-0.39, 0.29) is 60.6 Å². The van der Waals surface area contributed by atoms with Gasteiger partial charge in [0.25, 0.3) is 0 Å². The molecular weight excluding hydrogens is 953 g/mol. The standard InChI is InChI=1S/C58H62O12S2/c59-71(60,49-31-15-5-16-32-49)41-47-29-19-35-57(67-47)58(36-20-30-48(68-58)42-72(61,62)50-33-17-6-18-34-50)70-56-54(66-40-46-27-13-4-14-28-46)52(64-38-44-23-9-2-10-24-44)51(63-37-43-21-7-1-8-22-43)53(55(56)69-57)65-39-45-25-11-3-12-26-45/h1-18,21-28,31-34,47-48,51-56H,19-20,29-30,35-42H2/t47-,48-,51+,52+,53-,54+,55+,56+,57-,58-/m0/s1. The van der Waals surface area contributed by atoms with E-state index in [1.165, 1.54) is 0 Å². The molecule has 10 atom stereocenters. The summed E-state index contributed by atoms with van der Waals surface area (Å²) in [7, 11) is -7.68. The first-order valence-corrected chi connectivity index (χ1v) is 28.3. The molecule has 0 bridgehead atoms. The number of rotatable bonds is 18. The predicted molar refractivity (Wildman–Crippen MR) is 270 cm³/mol. The number of sulfone groups is 2. The Bertz CT molecular complexity index is 2670. The molecule has 0 amide bonds. The molecule has 4 aliphatic rings. The highest BCUT2D eigenvalue weighted by molar-refractivity contribution is 7.91. The summed E-state index contributed by atoms with van der Waals surface area (Å²) in [5.74, 6) is -4.13. The Hall–Kier alpha value is -5.10. The largest absolute Gasteiger partial charge is 0.368 e. The maximum absolute atomic E-state index is 14.1. The molecule has 6 aromatic rings. The number of hydrogen-bond acceptors (Lipinski definition) is 12. The van der Waals surface area contributed by atoms with Gasteiger partial charge in [-0.25, -0.2) is 16.8 Å². The molecule has 72 heavy (non-hydrogen) atoms. The van der Waals surface area contributed by atoms with Crippen LogP contribution in [-0.4, -0.2) is 88.7 Å². The van der Waals surface area contributed by atoms with Crippen molar-refractivity contribution in [2.24, 2.45) is 0 Å². The summed E-state index contributed by atoms with van der Waals surface area (Å²) in [6.07, 6.45) is -4.75.